The van der Waals surface area contributed by atoms with Gasteiger partial charge in [0.1, 0.15) is 11.6 Å². The van der Waals surface area contributed by atoms with E-state index in [2.05, 4.69) is 26.6 Å². The summed E-state index contributed by atoms with van der Waals surface area (Å²) in [5, 5.41) is 16.4. The van der Waals surface area contributed by atoms with E-state index in [-0.39, 0.29) is 35.1 Å². The summed E-state index contributed by atoms with van der Waals surface area (Å²) in [5.41, 5.74) is 1.40. The van der Waals surface area contributed by atoms with E-state index in [0.717, 1.165) is 17.5 Å². The predicted molar refractivity (Wildman–Crippen MR) is 141 cm³/mol. The molecule has 4 rings (SSSR count). The second-order valence-electron chi connectivity index (χ2n) is 10.9. The van der Waals surface area contributed by atoms with Gasteiger partial charge < -0.3 is 25.4 Å². The smallest absolute Gasteiger partial charge is 0.250 e. The van der Waals surface area contributed by atoms with Crippen LogP contribution in [0.4, 0.5) is 5.69 Å². The van der Waals surface area contributed by atoms with Crippen LogP contribution in [0.2, 0.25) is 0 Å². The minimum absolute atomic E-state index is 0.160. The Morgan fingerprint density at radius 1 is 1.25 bits per heavy atom. The number of aryl methyl sites for hydroxylation is 2. The Kier molecular flexibility index (Phi) is 7.84. The number of carbonyl (C=O) groups is 3. The average molecular weight is 565 g/mol. The molecule has 3 aliphatic heterocycles. The van der Waals surface area contributed by atoms with Crippen LogP contribution in [0.1, 0.15) is 51.2 Å². The first-order chi connectivity index (χ1) is 17.1. The van der Waals surface area contributed by atoms with E-state index in [4.69, 9.17) is 4.74 Å². The van der Waals surface area contributed by atoms with Gasteiger partial charge in [-0.1, -0.05) is 54.9 Å². The highest BCUT2D eigenvalue weighted by Gasteiger charge is 2.77. The van der Waals surface area contributed by atoms with E-state index >= 15 is 0 Å². The van der Waals surface area contributed by atoms with Crippen molar-refractivity contribution in [2.75, 3.05) is 18.5 Å². The predicted octanol–water partition coefficient (Wildman–Crippen LogP) is 2.92. The molecule has 3 aliphatic rings. The molecule has 3 unspecified atom stereocenters. The number of likely N-dealkylation sites (tertiary alicyclic amines) is 1. The Hall–Kier alpha value is -1.97. The van der Waals surface area contributed by atoms with Crippen molar-refractivity contribution in [3.63, 3.8) is 0 Å². The fourth-order valence-electron chi connectivity index (χ4n) is 6.45. The molecule has 198 valence electrons. The van der Waals surface area contributed by atoms with Gasteiger partial charge in [0, 0.05) is 17.1 Å². The average Bonchev–Trinajstić information content (AvgIpc) is 3.41. The van der Waals surface area contributed by atoms with Crippen LogP contribution in [0, 0.1) is 31.6 Å². The minimum atomic E-state index is -1.14. The number of amides is 3. The maximum absolute atomic E-state index is 14.1. The molecule has 0 radical (unpaired) electrons. The summed E-state index contributed by atoms with van der Waals surface area (Å²) in [4.78, 5) is 42.8. The van der Waals surface area contributed by atoms with Gasteiger partial charge in [-0.15, -0.1) is 0 Å². The van der Waals surface area contributed by atoms with Crippen molar-refractivity contribution in [2.24, 2.45) is 17.8 Å². The van der Waals surface area contributed by atoms with Crippen molar-refractivity contribution in [1.29, 1.82) is 0 Å². The van der Waals surface area contributed by atoms with Crippen molar-refractivity contribution in [3.8, 4) is 0 Å². The molecule has 8 nitrogen and oxygen atoms in total. The highest BCUT2D eigenvalue weighted by Crippen LogP contribution is 2.60. The Bertz CT molecular complexity index is 1010. The van der Waals surface area contributed by atoms with Crippen LogP contribution in [-0.4, -0.2) is 69.5 Å². The standard InChI is InChI=1S/C27H38BrN3O5/c1-6-10-29-24(33)19-20-26(35)31(17(13-32)11-14(2)3)23(27(20)12-18(28)22(19)36-27)25(34)30-21-15(4)8-7-9-16(21)5/h7-9,14,17-20,22-23,32H,6,10-13H2,1-5H3,(H,29,33)(H,30,34)/t17-,18?,19+,20+,22+,23?,27?/m1/s1. The first-order valence-electron chi connectivity index (χ1n) is 13.0. The van der Waals surface area contributed by atoms with E-state index < -0.39 is 35.6 Å². The third-order valence-electron chi connectivity index (χ3n) is 7.90. The zero-order chi connectivity index (χ0) is 26.4. The summed E-state index contributed by atoms with van der Waals surface area (Å²) in [6.07, 6.45) is 1.25. The van der Waals surface area contributed by atoms with Crippen molar-refractivity contribution in [2.45, 2.75) is 82.5 Å². The molecule has 1 aromatic rings. The van der Waals surface area contributed by atoms with Crippen LogP contribution in [0.3, 0.4) is 0 Å². The number of halogens is 1. The highest BCUT2D eigenvalue weighted by atomic mass is 79.9. The SMILES string of the molecule is CCCNC(=O)[C@H]1[C@H]2C(=O)N([C@@H](CO)CC(C)C)C(C(=O)Nc3c(C)cccc3C)C23CC(Br)[C@@H]1O3. The lowest BCUT2D eigenvalue weighted by molar-refractivity contribution is -0.144. The number of benzene rings is 1. The lowest BCUT2D eigenvalue weighted by Crippen LogP contribution is -2.57. The number of anilines is 1. The summed E-state index contributed by atoms with van der Waals surface area (Å²) < 4.78 is 6.53. The lowest BCUT2D eigenvalue weighted by atomic mass is 9.70. The minimum Gasteiger partial charge on any atom is -0.394 e. The number of hydrogen-bond donors (Lipinski definition) is 3. The second kappa shape index (κ2) is 10.4. The molecule has 3 heterocycles. The van der Waals surface area contributed by atoms with Gasteiger partial charge in [0.05, 0.1) is 30.6 Å². The number of para-hydroxylation sites is 1. The number of hydrogen-bond acceptors (Lipinski definition) is 5. The van der Waals surface area contributed by atoms with Crippen LogP contribution in [0.25, 0.3) is 0 Å². The summed E-state index contributed by atoms with van der Waals surface area (Å²) >= 11 is 3.69. The van der Waals surface area contributed by atoms with Gasteiger partial charge >= 0.3 is 0 Å². The molecule has 1 aromatic carbocycles. The monoisotopic (exact) mass is 563 g/mol. The quantitative estimate of drug-likeness (QED) is 0.400. The first-order valence-corrected chi connectivity index (χ1v) is 13.9. The van der Waals surface area contributed by atoms with Crippen LogP contribution in [0.15, 0.2) is 18.2 Å². The summed E-state index contributed by atoms with van der Waals surface area (Å²) in [6.45, 7) is 10.1. The molecular formula is C27H38BrN3O5. The van der Waals surface area contributed by atoms with Gasteiger partial charge in [-0.05, 0) is 50.2 Å². The molecule has 0 aliphatic carbocycles. The van der Waals surface area contributed by atoms with Gasteiger partial charge in [-0.2, -0.15) is 0 Å². The van der Waals surface area contributed by atoms with E-state index in [9.17, 15) is 19.5 Å². The number of nitrogens with zero attached hydrogens (tertiary/aromatic N) is 1. The van der Waals surface area contributed by atoms with Crippen molar-refractivity contribution < 1.29 is 24.2 Å². The Morgan fingerprint density at radius 2 is 1.92 bits per heavy atom. The molecule has 3 fully saturated rings. The number of fused-ring (bicyclic) bond motifs is 1. The van der Waals surface area contributed by atoms with Crippen molar-refractivity contribution in [3.05, 3.63) is 29.3 Å². The number of carbonyl (C=O) groups excluding carboxylic acids is 3. The van der Waals surface area contributed by atoms with Gasteiger partial charge in [-0.25, -0.2) is 0 Å². The Morgan fingerprint density at radius 3 is 2.50 bits per heavy atom. The zero-order valence-electron chi connectivity index (χ0n) is 21.7. The molecule has 7 atom stereocenters. The number of aliphatic hydroxyl groups is 1. The summed E-state index contributed by atoms with van der Waals surface area (Å²) in [6, 6.07) is 4.27. The van der Waals surface area contributed by atoms with Gasteiger partial charge in [0.2, 0.25) is 17.7 Å². The fourth-order valence-corrected chi connectivity index (χ4v) is 7.39. The maximum Gasteiger partial charge on any atom is 0.250 e. The lowest BCUT2D eigenvalue weighted by Gasteiger charge is -2.37. The Labute approximate surface area is 221 Å². The van der Waals surface area contributed by atoms with Crippen LogP contribution in [-0.2, 0) is 19.1 Å². The second-order valence-corrected chi connectivity index (χ2v) is 12.1. The van der Waals surface area contributed by atoms with Gasteiger partial charge in [0.15, 0.2) is 0 Å². The third kappa shape index (κ3) is 4.37. The molecule has 0 saturated carbocycles. The molecule has 0 aromatic heterocycles. The van der Waals surface area contributed by atoms with Crippen LogP contribution < -0.4 is 10.6 Å². The molecule has 1 spiro atoms. The van der Waals surface area contributed by atoms with E-state index in [1.165, 1.54) is 4.90 Å². The van der Waals surface area contributed by atoms with Crippen LogP contribution in [0.5, 0.6) is 0 Å². The van der Waals surface area contributed by atoms with Crippen molar-refractivity contribution in [1.82, 2.24) is 10.2 Å². The number of alkyl halides is 1. The molecule has 2 bridgehead atoms. The van der Waals surface area contributed by atoms with E-state index in [1.54, 1.807) is 0 Å². The zero-order valence-corrected chi connectivity index (χ0v) is 23.3. The van der Waals surface area contributed by atoms with Crippen LogP contribution >= 0.6 is 15.9 Å². The molecule has 36 heavy (non-hydrogen) atoms. The topological polar surface area (TPSA) is 108 Å². The molecule has 3 saturated heterocycles. The highest BCUT2D eigenvalue weighted by molar-refractivity contribution is 9.09. The molecule has 9 heteroatoms. The van der Waals surface area contributed by atoms with Gasteiger partial charge in [-0.3, -0.25) is 14.4 Å². The summed E-state index contributed by atoms with van der Waals surface area (Å²) in [5.74, 6) is -2.12. The number of ether oxygens (including phenoxy) is 1. The van der Waals surface area contributed by atoms with Gasteiger partial charge in [0.25, 0.3) is 0 Å². The summed E-state index contributed by atoms with van der Waals surface area (Å²) in [7, 11) is 0. The largest absolute Gasteiger partial charge is 0.394 e. The number of aliphatic hydroxyl groups excluding tert-OH is 1. The normalized spacial score (nSPS) is 31.6. The number of nitrogens with one attached hydrogen (secondary N) is 2. The maximum atomic E-state index is 14.1. The van der Waals surface area contributed by atoms with E-state index in [0.29, 0.717) is 25.1 Å². The first kappa shape index (κ1) is 27.1. The van der Waals surface area contributed by atoms with Crippen molar-refractivity contribution >= 4 is 39.3 Å². The van der Waals surface area contributed by atoms with E-state index in [1.807, 2.05) is 52.8 Å². The Balaban J connectivity index is 1.78. The molecule has 3 N–H and O–H groups in total. The fraction of sp³-hybridized carbons (Fsp3) is 0.667. The third-order valence-corrected chi connectivity index (χ3v) is 8.75. The molecular weight excluding hydrogens is 526 g/mol. The number of rotatable bonds is 9. The molecule has 3 amide bonds.